The second-order valence-corrected chi connectivity index (χ2v) is 12.8. The molecule has 4 N–H and O–H groups in total. The number of aryl methyl sites for hydroxylation is 1. The van der Waals surface area contributed by atoms with Gasteiger partial charge in [0.1, 0.15) is 5.82 Å². The molecule has 1 heterocycles. The van der Waals surface area contributed by atoms with Gasteiger partial charge >= 0.3 is 0 Å². The van der Waals surface area contributed by atoms with Crippen molar-refractivity contribution >= 4 is 17.4 Å². The van der Waals surface area contributed by atoms with E-state index >= 15 is 4.39 Å². The highest BCUT2D eigenvalue weighted by molar-refractivity contribution is 6.00. The highest BCUT2D eigenvalue weighted by atomic mass is 19.1. The lowest BCUT2D eigenvalue weighted by Crippen LogP contribution is -2.40. The van der Waals surface area contributed by atoms with Gasteiger partial charge in [-0.1, -0.05) is 41.5 Å². The average molecular weight is 512 g/mol. The zero-order valence-electron chi connectivity index (χ0n) is 23.1. The number of carbonyl (C=O) groups is 2. The molecule has 0 radical (unpaired) electrons. The van der Waals surface area contributed by atoms with Crippen LogP contribution in [0.2, 0.25) is 0 Å². The van der Waals surface area contributed by atoms with Crippen LogP contribution in [-0.4, -0.2) is 40.1 Å². The summed E-state index contributed by atoms with van der Waals surface area (Å²) in [5, 5.41) is 11.8. The van der Waals surface area contributed by atoms with Crippen LogP contribution < -0.4 is 16.4 Å². The highest BCUT2D eigenvalue weighted by Crippen LogP contribution is 2.38. The second kappa shape index (κ2) is 10.2. The molecule has 1 saturated carbocycles. The monoisotopic (exact) mass is 511 g/mol. The van der Waals surface area contributed by atoms with Crippen molar-refractivity contribution in [2.24, 2.45) is 16.6 Å². The van der Waals surface area contributed by atoms with Crippen LogP contribution >= 0.6 is 0 Å². The quantitative estimate of drug-likeness (QED) is 0.475. The number of hydrogen-bond acceptors (Lipinski definition) is 5. The predicted molar refractivity (Wildman–Crippen MR) is 145 cm³/mol. The molecule has 0 atom stereocenters. The van der Waals surface area contributed by atoms with Crippen LogP contribution in [0.3, 0.4) is 0 Å². The van der Waals surface area contributed by atoms with Gasteiger partial charge in [-0.3, -0.25) is 9.59 Å². The van der Waals surface area contributed by atoms with Crippen molar-refractivity contribution < 1.29 is 14.0 Å². The minimum Gasteiger partial charge on any atom is -0.382 e. The van der Waals surface area contributed by atoms with E-state index in [2.05, 4.69) is 45.3 Å². The van der Waals surface area contributed by atoms with Gasteiger partial charge in [0, 0.05) is 31.1 Å². The molecule has 4 rings (SSSR count). The molecule has 37 heavy (non-hydrogen) atoms. The van der Waals surface area contributed by atoms with E-state index in [1.54, 1.807) is 10.7 Å². The number of benzene rings is 1. The number of nitrogens with two attached hydrogens (primary N) is 1. The van der Waals surface area contributed by atoms with Crippen molar-refractivity contribution in [1.82, 2.24) is 15.1 Å². The van der Waals surface area contributed by atoms with E-state index < -0.39 is 11.7 Å². The molecule has 0 bridgehead atoms. The maximum atomic E-state index is 15.4. The Balaban J connectivity index is 1.63. The van der Waals surface area contributed by atoms with E-state index in [1.165, 1.54) is 6.07 Å². The van der Waals surface area contributed by atoms with Crippen LogP contribution in [0.5, 0.6) is 0 Å². The van der Waals surface area contributed by atoms with Crippen molar-refractivity contribution in [3.63, 3.8) is 0 Å². The third kappa shape index (κ3) is 6.06. The van der Waals surface area contributed by atoms with Crippen LogP contribution in [0, 0.1) is 16.6 Å². The molecule has 0 spiro atoms. The maximum Gasteiger partial charge on any atom is 0.253 e. The van der Waals surface area contributed by atoms with Crippen LogP contribution in [0.15, 0.2) is 12.1 Å². The number of rotatable bonds is 7. The van der Waals surface area contributed by atoms with E-state index in [9.17, 15) is 9.59 Å². The van der Waals surface area contributed by atoms with Crippen molar-refractivity contribution in [3.8, 4) is 5.69 Å². The third-order valence-electron chi connectivity index (χ3n) is 7.53. The number of halogens is 1. The van der Waals surface area contributed by atoms with E-state index in [0.29, 0.717) is 42.2 Å². The number of primary amides is 1. The number of nitrogens with one attached hydrogen (secondary N) is 2. The standard InChI is InChI=1S/C29H42FN5O2/c1-7-21-26-23(14-29(5,6)15-24(26)36)35(34-21)19-12-20(30)25(27(31)37)22(13-19)33-18-10-8-17(9-11-18)32-16-28(2,3)4/h12-13,17-18,32-33H,7-11,14-16H2,1-6H3,(H2,31,37)/t17-,18-. The summed E-state index contributed by atoms with van der Waals surface area (Å²) in [6.07, 6.45) is 5.57. The minimum absolute atomic E-state index is 0.0822. The van der Waals surface area contributed by atoms with Gasteiger partial charge in [0.25, 0.3) is 5.91 Å². The van der Waals surface area contributed by atoms with Gasteiger partial charge in [0.15, 0.2) is 5.78 Å². The number of fused-ring (bicyclic) bond motifs is 1. The fourth-order valence-corrected chi connectivity index (χ4v) is 5.68. The number of amides is 1. The molecule has 1 aromatic heterocycles. The van der Waals surface area contributed by atoms with Crippen LogP contribution in [0.1, 0.15) is 106 Å². The van der Waals surface area contributed by atoms with Gasteiger partial charge in [0.2, 0.25) is 0 Å². The van der Waals surface area contributed by atoms with Crippen LogP contribution in [-0.2, 0) is 12.8 Å². The van der Waals surface area contributed by atoms with Crippen LogP contribution in [0.4, 0.5) is 10.1 Å². The van der Waals surface area contributed by atoms with Crippen molar-refractivity contribution in [2.45, 2.75) is 98.6 Å². The Labute approximate surface area is 219 Å². The number of aromatic nitrogens is 2. The first-order valence-corrected chi connectivity index (χ1v) is 13.6. The Kier molecular flexibility index (Phi) is 7.52. The first kappa shape index (κ1) is 27.3. The Morgan fingerprint density at radius 1 is 1.16 bits per heavy atom. The molecule has 1 aromatic carbocycles. The smallest absolute Gasteiger partial charge is 0.253 e. The van der Waals surface area contributed by atoms with Crippen molar-refractivity contribution in [1.29, 1.82) is 0 Å². The number of anilines is 1. The fourth-order valence-electron chi connectivity index (χ4n) is 5.68. The Bertz CT molecular complexity index is 1190. The van der Waals surface area contributed by atoms with Gasteiger partial charge in [-0.15, -0.1) is 0 Å². The SMILES string of the molecule is CCc1nn(-c2cc(F)c(C(N)=O)c(N[C@H]3CC[C@H](NCC(C)(C)C)CC3)c2)c2c1C(=O)CC(C)(C)C2. The van der Waals surface area contributed by atoms with Gasteiger partial charge in [-0.05, 0) is 55.4 Å². The summed E-state index contributed by atoms with van der Waals surface area (Å²) < 4.78 is 17.1. The van der Waals surface area contributed by atoms with Crippen molar-refractivity contribution in [3.05, 3.63) is 40.5 Å². The molecule has 1 amide bonds. The summed E-state index contributed by atoms with van der Waals surface area (Å²) >= 11 is 0. The van der Waals surface area contributed by atoms with Gasteiger partial charge in [-0.2, -0.15) is 5.10 Å². The number of carbonyl (C=O) groups excluding carboxylic acids is 2. The zero-order valence-corrected chi connectivity index (χ0v) is 23.1. The molecule has 0 saturated heterocycles. The topological polar surface area (TPSA) is 102 Å². The molecule has 0 aliphatic heterocycles. The Morgan fingerprint density at radius 2 is 1.81 bits per heavy atom. The number of Topliss-reactive ketones (excluding diaryl/α,β-unsaturated/α-hetero) is 1. The molecular formula is C29H42FN5O2. The molecule has 202 valence electrons. The predicted octanol–water partition coefficient (Wildman–Crippen LogP) is 5.19. The lowest BCUT2D eigenvalue weighted by molar-refractivity contribution is 0.0909. The number of nitrogens with zero attached hydrogens (tertiary/aromatic N) is 2. The fraction of sp³-hybridized carbons (Fsp3) is 0.621. The van der Waals surface area contributed by atoms with E-state index in [1.807, 2.05) is 6.92 Å². The number of hydrogen-bond donors (Lipinski definition) is 3. The lowest BCUT2D eigenvalue weighted by atomic mass is 9.75. The normalized spacial score (nSPS) is 21.5. The Hall–Kier alpha value is -2.74. The highest BCUT2D eigenvalue weighted by Gasteiger charge is 2.36. The van der Waals surface area contributed by atoms with Gasteiger partial charge < -0.3 is 16.4 Å². The summed E-state index contributed by atoms with van der Waals surface area (Å²) in [4.78, 5) is 25.2. The molecule has 7 nitrogen and oxygen atoms in total. The molecule has 2 aliphatic carbocycles. The zero-order chi connectivity index (χ0) is 27.1. The van der Waals surface area contributed by atoms with Gasteiger partial charge in [-0.25, -0.2) is 9.07 Å². The largest absolute Gasteiger partial charge is 0.382 e. The Morgan fingerprint density at radius 3 is 2.41 bits per heavy atom. The summed E-state index contributed by atoms with van der Waals surface area (Å²) in [6, 6.07) is 3.63. The maximum absolute atomic E-state index is 15.4. The molecule has 0 unspecified atom stereocenters. The molecular weight excluding hydrogens is 469 g/mol. The molecule has 1 fully saturated rings. The molecule has 2 aromatic rings. The third-order valence-corrected chi connectivity index (χ3v) is 7.53. The van der Waals surface area contributed by atoms with E-state index in [-0.39, 0.29) is 28.2 Å². The molecule has 2 aliphatic rings. The first-order valence-electron chi connectivity index (χ1n) is 13.6. The summed E-state index contributed by atoms with van der Waals surface area (Å²) in [5.74, 6) is -1.41. The molecule has 8 heteroatoms. The van der Waals surface area contributed by atoms with Crippen molar-refractivity contribution in [2.75, 3.05) is 11.9 Å². The first-order chi connectivity index (χ1) is 17.3. The number of ketones is 1. The minimum atomic E-state index is -0.805. The van der Waals surface area contributed by atoms with E-state index in [0.717, 1.165) is 43.6 Å². The summed E-state index contributed by atoms with van der Waals surface area (Å²) in [5.41, 5.74) is 8.57. The summed E-state index contributed by atoms with van der Waals surface area (Å²) in [7, 11) is 0. The lowest BCUT2D eigenvalue weighted by Gasteiger charge is -2.32. The summed E-state index contributed by atoms with van der Waals surface area (Å²) in [6.45, 7) is 13.7. The van der Waals surface area contributed by atoms with Gasteiger partial charge in [0.05, 0.1) is 33.9 Å². The second-order valence-electron chi connectivity index (χ2n) is 12.8. The average Bonchev–Trinajstić information content (AvgIpc) is 3.15. The van der Waals surface area contributed by atoms with Crippen LogP contribution in [0.25, 0.3) is 5.69 Å². The van der Waals surface area contributed by atoms with E-state index in [4.69, 9.17) is 10.8 Å².